The maximum atomic E-state index is 14.6. The number of pyridine rings is 1. The highest BCUT2D eigenvalue weighted by Crippen LogP contribution is 2.51. The van der Waals surface area contributed by atoms with Gasteiger partial charge in [0.05, 0.1) is 41.7 Å². The molecule has 42 heavy (non-hydrogen) atoms. The number of benzene rings is 1. The molecule has 1 spiro atoms. The molecule has 1 aliphatic carbocycles. The van der Waals surface area contributed by atoms with Crippen molar-refractivity contribution in [3.05, 3.63) is 82.9 Å². The first-order chi connectivity index (χ1) is 20.0. The molecule has 4 aliphatic rings. The van der Waals surface area contributed by atoms with Crippen molar-refractivity contribution in [2.45, 2.75) is 52.1 Å². The number of aliphatic imine (C=N–C) groups is 1. The lowest BCUT2D eigenvalue weighted by molar-refractivity contribution is 0.185. The number of rotatable bonds is 2. The van der Waals surface area contributed by atoms with Crippen molar-refractivity contribution in [1.82, 2.24) is 24.7 Å². The minimum Gasteiger partial charge on any atom is -0.355 e. The van der Waals surface area contributed by atoms with Crippen LogP contribution >= 0.6 is 0 Å². The van der Waals surface area contributed by atoms with Crippen molar-refractivity contribution in [1.29, 1.82) is 0 Å². The molecule has 3 aromatic heterocycles. The Morgan fingerprint density at radius 2 is 1.88 bits per heavy atom. The second-order valence-corrected chi connectivity index (χ2v) is 11.8. The van der Waals surface area contributed by atoms with Crippen LogP contribution in [0.3, 0.4) is 0 Å². The predicted octanol–water partition coefficient (Wildman–Crippen LogP) is 4.60. The van der Waals surface area contributed by atoms with E-state index in [1.165, 1.54) is 6.07 Å². The first-order valence-corrected chi connectivity index (χ1v) is 14.4. The molecule has 0 unspecified atom stereocenters. The molecule has 0 amide bonds. The second kappa shape index (κ2) is 9.97. The summed E-state index contributed by atoms with van der Waals surface area (Å²) in [6.07, 6.45) is 10.3. The summed E-state index contributed by atoms with van der Waals surface area (Å²) in [6.45, 7) is 3.06. The Kier molecular flexibility index (Phi) is 6.34. The first kappa shape index (κ1) is 26.7. The number of aromatic nitrogens is 5. The number of halogens is 1. The Morgan fingerprint density at radius 3 is 2.67 bits per heavy atom. The highest BCUT2D eigenvalue weighted by molar-refractivity contribution is 6.11. The summed E-state index contributed by atoms with van der Waals surface area (Å²) in [6, 6.07) is 9.30. The minimum absolute atomic E-state index is 0. The van der Waals surface area contributed by atoms with Crippen LogP contribution in [0.5, 0.6) is 0 Å². The van der Waals surface area contributed by atoms with Gasteiger partial charge in [-0.2, -0.15) is 5.10 Å². The molecule has 216 valence electrons. The lowest BCUT2D eigenvalue weighted by Crippen LogP contribution is -2.44. The van der Waals surface area contributed by atoms with E-state index in [0.29, 0.717) is 12.1 Å². The quantitative estimate of drug-likeness (QED) is 0.379. The van der Waals surface area contributed by atoms with Crippen LogP contribution in [0.2, 0.25) is 0 Å². The van der Waals surface area contributed by atoms with Crippen LogP contribution in [-0.2, 0) is 26.4 Å². The van der Waals surface area contributed by atoms with Crippen molar-refractivity contribution in [3.63, 3.8) is 0 Å². The van der Waals surface area contributed by atoms with Crippen LogP contribution in [0.25, 0.3) is 11.3 Å². The van der Waals surface area contributed by atoms with E-state index in [2.05, 4.69) is 27.0 Å². The van der Waals surface area contributed by atoms with Gasteiger partial charge < -0.3 is 15.5 Å². The number of hydrogen-bond donors (Lipinski definition) is 1. The molecule has 0 bridgehead atoms. The Labute approximate surface area is 245 Å². The third kappa shape index (κ3) is 4.11. The molecule has 0 radical (unpaired) electrons. The molecule has 4 aromatic rings. The molecule has 1 aromatic carbocycles. The largest absolute Gasteiger partial charge is 0.355 e. The zero-order valence-corrected chi connectivity index (χ0v) is 23.1. The molecule has 3 aliphatic heterocycles. The summed E-state index contributed by atoms with van der Waals surface area (Å²) in [5.41, 5.74) is 14.2. The number of piperidine rings is 1. The second-order valence-electron chi connectivity index (χ2n) is 11.8. The van der Waals surface area contributed by atoms with Crippen LogP contribution in [0, 0.1) is 11.2 Å². The molecule has 1 saturated heterocycles. The van der Waals surface area contributed by atoms with E-state index in [-0.39, 0.29) is 24.7 Å². The maximum absolute atomic E-state index is 14.6. The molecular weight excluding hydrogens is 529 g/mol. The van der Waals surface area contributed by atoms with Crippen molar-refractivity contribution in [3.8, 4) is 11.3 Å². The highest BCUT2D eigenvalue weighted by Gasteiger charge is 2.47. The Morgan fingerprint density at radius 1 is 1.02 bits per heavy atom. The van der Waals surface area contributed by atoms with Crippen molar-refractivity contribution < 1.29 is 4.39 Å². The van der Waals surface area contributed by atoms with Crippen molar-refractivity contribution in [2.24, 2.45) is 23.2 Å². The number of fused-ring (bicyclic) bond motifs is 3. The SMILES string of the molecule is C.Cn1cc(-c2ccc3c(n2)CCCN3C2=NCc3nc(N4CCC5(CC4)Cc4cccc(F)c4[C@H]5N)cnc32)cn1. The van der Waals surface area contributed by atoms with Gasteiger partial charge in [-0.3, -0.25) is 14.7 Å². The normalized spacial score (nSPS) is 20.2. The van der Waals surface area contributed by atoms with E-state index in [4.69, 9.17) is 25.7 Å². The number of aryl methyl sites for hydroxylation is 2. The molecule has 1 fully saturated rings. The van der Waals surface area contributed by atoms with Crippen molar-refractivity contribution in [2.75, 3.05) is 29.4 Å². The number of nitrogens with two attached hydrogens (primary N) is 1. The molecule has 0 saturated carbocycles. The third-order valence-electron chi connectivity index (χ3n) is 9.45. The van der Waals surface area contributed by atoms with Gasteiger partial charge >= 0.3 is 0 Å². The van der Waals surface area contributed by atoms with Gasteiger partial charge in [-0.1, -0.05) is 19.6 Å². The van der Waals surface area contributed by atoms with Crippen LogP contribution in [0.15, 0.2) is 53.9 Å². The van der Waals surface area contributed by atoms with E-state index in [0.717, 1.165) is 103 Å². The van der Waals surface area contributed by atoms with E-state index < -0.39 is 0 Å². The monoisotopic (exact) mass is 565 g/mol. The number of hydrogen-bond acceptors (Lipinski definition) is 8. The van der Waals surface area contributed by atoms with Gasteiger partial charge in [-0.05, 0) is 61.3 Å². The summed E-state index contributed by atoms with van der Waals surface area (Å²) >= 11 is 0. The summed E-state index contributed by atoms with van der Waals surface area (Å²) in [5.74, 6) is 1.59. The molecule has 1 atom stereocenters. The van der Waals surface area contributed by atoms with E-state index in [1.54, 1.807) is 10.7 Å². The molecule has 2 N–H and O–H groups in total. The number of amidine groups is 1. The van der Waals surface area contributed by atoms with Crippen LogP contribution in [-0.4, -0.2) is 50.2 Å². The van der Waals surface area contributed by atoms with E-state index >= 15 is 0 Å². The van der Waals surface area contributed by atoms with Crippen LogP contribution in [0.1, 0.15) is 60.9 Å². The summed E-state index contributed by atoms with van der Waals surface area (Å²) in [5, 5.41) is 4.29. The number of nitrogens with zero attached hydrogens (tertiary/aromatic N) is 8. The average Bonchev–Trinajstić information content (AvgIpc) is 3.69. The lowest BCUT2D eigenvalue weighted by Gasteiger charge is -2.42. The van der Waals surface area contributed by atoms with E-state index in [1.807, 2.05) is 31.7 Å². The average molecular weight is 566 g/mol. The predicted molar refractivity (Wildman–Crippen MR) is 162 cm³/mol. The van der Waals surface area contributed by atoms with Gasteiger partial charge in [-0.25, -0.2) is 14.4 Å². The molecule has 10 heteroatoms. The Balaban J connectivity index is 0.00000288. The standard InChI is InChI=1S/C31H32FN9.CH4/c1-39-18-20(15-36-39)22-7-8-25-23(37-22)6-3-11-41(25)30-28-24(16-35-30)38-26(17-34-28)40-12-9-31(10-13-40)14-19-4-2-5-21(32)27(19)29(31)33;/h2,4-5,7-8,15,17-18,29H,3,6,9-14,16,33H2,1H3;1H4/t29-;/m1./s1. The first-order valence-electron chi connectivity index (χ1n) is 14.4. The van der Waals surface area contributed by atoms with Gasteiger partial charge in [-0.15, -0.1) is 0 Å². The molecule has 9 nitrogen and oxygen atoms in total. The summed E-state index contributed by atoms with van der Waals surface area (Å²) < 4.78 is 16.4. The smallest absolute Gasteiger partial charge is 0.156 e. The fraction of sp³-hybridized carbons (Fsp3) is 0.406. The Bertz CT molecular complexity index is 1700. The fourth-order valence-corrected chi connectivity index (χ4v) is 7.24. The highest BCUT2D eigenvalue weighted by atomic mass is 19.1. The summed E-state index contributed by atoms with van der Waals surface area (Å²) in [7, 11) is 1.92. The topological polar surface area (TPSA) is 101 Å². The molecule has 6 heterocycles. The van der Waals surface area contributed by atoms with Crippen LogP contribution in [0.4, 0.5) is 15.9 Å². The van der Waals surface area contributed by atoms with Crippen LogP contribution < -0.4 is 15.5 Å². The number of anilines is 2. The maximum Gasteiger partial charge on any atom is 0.156 e. The van der Waals surface area contributed by atoms with Gasteiger partial charge in [0.25, 0.3) is 0 Å². The van der Waals surface area contributed by atoms with Gasteiger partial charge in [0.2, 0.25) is 0 Å². The summed E-state index contributed by atoms with van der Waals surface area (Å²) in [4.78, 5) is 24.4. The zero-order chi connectivity index (χ0) is 27.7. The van der Waals surface area contributed by atoms with E-state index in [9.17, 15) is 4.39 Å². The fourth-order valence-electron chi connectivity index (χ4n) is 7.24. The minimum atomic E-state index is -0.259. The Hall–Kier alpha value is -4.18. The third-order valence-corrected chi connectivity index (χ3v) is 9.45. The van der Waals surface area contributed by atoms with Gasteiger partial charge in [0.15, 0.2) is 5.84 Å². The zero-order valence-electron chi connectivity index (χ0n) is 23.1. The van der Waals surface area contributed by atoms with Gasteiger partial charge in [0, 0.05) is 50.0 Å². The molecule has 8 rings (SSSR count). The van der Waals surface area contributed by atoms with Crippen molar-refractivity contribution >= 4 is 17.3 Å². The molecular formula is C32H36FN9. The lowest BCUT2D eigenvalue weighted by atomic mass is 9.73. The van der Waals surface area contributed by atoms with Gasteiger partial charge in [0.1, 0.15) is 17.3 Å².